The van der Waals surface area contributed by atoms with Crippen LogP contribution in [0.5, 0.6) is 0 Å². The van der Waals surface area contributed by atoms with Crippen LogP contribution in [0.2, 0.25) is 11.1 Å². The summed E-state index contributed by atoms with van der Waals surface area (Å²) < 4.78 is 0. The Balaban J connectivity index is 2.92. The Hall–Kier alpha value is -0.563. The van der Waals surface area contributed by atoms with Crippen LogP contribution in [-0.4, -0.2) is 8.80 Å². The van der Waals surface area contributed by atoms with E-state index in [0.29, 0.717) is 5.04 Å². The number of benzene rings is 1. The van der Waals surface area contributed by atoms with Crippen LogP contribution in [0.3, 0.4) is 0 Å². The van der Waals surface area contributed by atoms with Gasteiger partial charge in [0.25, 0.3) is 0 Å². The van der Waals surface area contributed by atoms with Gasteiger partial charge in [-0.05, 0) is 11.0 Å². The average Bonchev–Trinajstić information content (AvgIpc) is 2.14. The first-order valence-corrected chi connectivity index (χ1v) is 7.53. The second-order valence-corrected chi connectivity index (χ2v) is 9.14. The molecule has 83 valence electrons. The van der Waals surface area contributed by atoms with E-state index >= 15 is 0 Å². The van der Waals surface area contributed by atoms with Crippen LogP contribution < -0.4 is 5.19 Å². The zero-order valence-electron chi connectivity index (χ0n) is 10.7. The van der Waals surface area contributed by atoms with Gasteiger partial charge >= 0.3 is 0 Å². The minimum absolute atomic E-state index is 0.437. The predicted octanol–water partition coefficient (Wildman–Crippen LogP) is 3.84. The molecule has 15 heavy (non-hydrogen) atoms. The monoisotopic (exact) mass is 219 g/mol. The first-order chi connectivity index (χ1) is 6.91. The van der Waals surface area contributed by atoms with Gasteiger partial charge in [-0.3, -0.25) is 0 Å². The van der Waals surface area contributed by atoms with E-state index in [9.17, 15) is 0 Å². The molecule has 0 bridgehead atoms. The summed E-state index contributed by atoms with van der Waals surface area (Å²) in [6.45, 7) is 11.8. The van der Waals surface area contributed by atoms with Gasteiger partial charge in [-0.1, -0.05) is 76.2 Å². The minimum atomic E-state index is -0.437. The second kappa shape index (κ2) is 4.98. The van der Waals surface area contributed by atoms with Crippen molar-refractivity contribution < 1.29 is 0 Å². The summed E-state index contributed by atoms with van der Waals surface area (Å²) in [5, 5.41) is 2.04. The smallest absolute Gasteiger partial charge is 0.0632 e. The summed E-state index contributed by atoms with van der Waals surface area (Å²) in [5.41, 5.74) is 0. The molecule has 0 atom stereocenters. The molecular formula is C14H23Si. The number of hydrogen-bond acceptors (Lipinski definition) is 0. The van der Waals surface area contributed by atoms with Crippen LogP contribution >= 0.6 is 0 Å². The van der Waals surface area contributed by atoms with E-state index in [1.807, 2.05) is 0 Å². The van der Waals surface area contributed by atoms with Crippen LogP contribution in [-0.2, 0) is 0 Å². The van der Waals surface area contributed by atoms with Crippen LogP contribution in [0.25, 0.3) is 0 Å². The highest BCUT2D eigenvalue weighted by molar-refractivity contribution is 6.75. The van der Waals surface area contributed by atoms with E-state index < -0.39 is 8.80 Å². The van der Waals surface area contributed by atoms with Crippen molar-refractivity contribution in [2.45, 2.75) is 45.7 Å². The Kier molecular flexibility index (Phi) is 4.15. The zero-order chi connectivity index (χ0) is 11.5. The van der Waals surface area contributed by atoms with Crippen LogP contribution in [0.15, 0.2) is 30.3 Å². The summed E-state index contributed by atoms with van der Waals surface area (Å²) in [5.74, 6) is 0.804. The third kappa shape index (κ3) is 3.82. The fourth-order valence-corrected chi connectivity index (χ4v) is 5.03. The quantitative estimate of drug-likeness (QED) is 0.678. The van der Waals surface area contributed by atoms with E-state index in [4.69, 9.17) is 0 Å². The lowest BCUT2D eigenvalue weighted by atomic mass is 10.2. The van der Waals surface area contributed by atoms with Crippen molar-refractivity contribution in [2.75, 3.05) is 0 Å². The molecule has 1 aromatic rings. The van der Waals surface area contributed by atoms with Gasteiger partial charge in [-0.15, -0.1) is 0 Å². The number of rotatable bonds is 3. The number of hydrogen-bond donors (Lipinski definition) is 0. The molecule has 0 unspecified atom stereocenters. The van der Waals surface area contributed by atoms with Crippen molar-refractivity contribution >= 4 is 14.0 Å². The van der Waals surface area contributed by atoms with Crippen LogP contribution in [0.4, 0.5) is 0 Å². The van der Waals surface area contributed by atoms with Gasteiger partial charge in [-0.2, -0.15) is 0 Å². The molecule has 1 rings (SSSR count). The second-order valence-electron chi connectivity index (χ2n) is 5.69. The van der Waals surface area contributed by atoms with Gasteiger partial charge in [0.05, 0.1) is 8.80 Å². The topological polar surface area (TPSA) is 0 Å². The van der Waals surface area contributed by atoms with Gasteiger partial charge < -0.3 is 0 Å². The van der Waals surface area contributed by atoms with E-state index in [-0.39, 0.29) is 0 Å². The molecule has 1 aromatic carbocycles. The van der Waals surface area contributed by atoms with Gasteiger partial charge in [0.1, 0.15) is 0 Å². The SMILES string of the molecule is CC(C)C[Si](c1ccccc1)C(C)(C)C. The maximum absolute atomic E-state index is 2.39. The lowest BCUT2D eigenvalue weighted by Crippen LogP contribution is -2.39. The highest BCUT2D eigenvalue weighted by Crippen LogP contribution is 2.30. The van der Waals surface area contributed by atoms with Gasteiger partial charge in [0.2, 0.25) is 0 Å². The van der Waals surface area contributed by atoms with Crippen LogP contribution in [0, 0.1) is 5.92 Å². The van der Waals surface area contributed by atoms with E-state index in [2.05, 4.69) is 65.0 Å². The summed E-state index contributed by atoms with van der Waals surface area (Å²) in [4.78, 5) is 0. The van der Waals surface area contributed by atoms with E-state index in [0.717, 1.165) is 5.92 Å². The maximum Gasteiger partial charge on any atom is 0.0915 e. The normalized spacial score (nSPS) is 12.5. The lowest BCUT2D eigenvalue weighted by molar-refractivity contribution is 0.679. The molecule has 0 aliphatic carbocycles. The van der Waals surface area contributed by atoms with E-state index in [1.165, 1.54) is 6.04 Å². The van der Waals surface area contributed by atoms with Crippen LogP contribution in [0.1, 0.15) is 34.6 Å². The molecule has 1 heteroatoms. The molecule has 0 aliphatic heterocycles. The third-order valence-corrected chi connectivity index (χ3v) is 6.71. The minimum Gasteiger partial charge on any atom is -0.0632 e. The summed E-state index contributed by atoms with van der Waals surface area (Å²) >= 11 is 0. The Morgan fingerprint density at radius 2 is 1.60 bits per heavy atom. The molecule has 0 heterocycles. The molecule has 0 amide bonds. The molecule has 0 nitrogen and oxygen atoms in total. The Morgan fingerprint density at radius 3 is 2.00 bits per heavy atom. The van der Waals surface area contributed by atoms with Gasteiger partial charge in [0.15, 0.2) is 0 Å². The van der Waals surface area contributed by atoms with E-state index in [1.54, 1.807) is 5.19 Å². The van der Waals surface area contributed by atoms with Gasteiger partial charge in [0, 0.05) is 0 Å². The molecule has 1 radical (unpaired) electrons. The molecule has 0 aliphatic rings. The lowest BCUT2D eigenvalue weighted by Gasteiger charge is -2.30. The molecule has 0 N–H and O–H groups in total. The fraction of sp³-hybridized carbons (Fsp3) is 0.571. The molecule has 0 saturated heterocycles. The van der Waals surface area contributed by atoms with Crippen molar-refractivity contribution in [3.05, 3.63) is 30.3 Å². The highest BCUT2D eigenvalue weighted by atomic mass is 28.3. The first-order valence-electron chi connectivity index (χ1n) is 5.83. The van der Waals surface area contributed by atoms with Crippen molar-refractivity contribution in [3.63, 3.8) is 0 Å². The van der Waals surface area contributed by atoms with Crippen molar-refractivity contribution in [2.24, 2.45) is 5.92 Å². The van der Waals surface area contributed by atoms with Crippen molar-refractivity contribution in [1.82, 2.24) is 0 Å². The highest BCUT2D eigenvalue weighted by Gasteiger charge is 2.28. The predicted molar refractivity (Wildman–Crippen MR) is 71.2 cm³/mol. The standard InChI is InChI=1S/C14H23Si/c1-12(2)11-15(14(3,4)5)13-9-7-6-8-10-13/h6-10,12H,11H2,1-5H3. The summed E-state index contributed by atoms with van der Waals surface area (Å²) in [7, 11) is -0.437. The fourth-order valence-electron chi connectivity index (χ4n) is 1.90. The summed E-state index contributed by atoms with van der Waals surface area (Å²) in [6, 6.07) is 12.4. The molecule has 0 spiro atoms. The van der Waals surface area contributed by atoms with Crippen molar-refractivity contribution in [1.29, 1.82) is 0 Å². The van der Waals surface area contributed by atoms with Gasteiger partial charge in [-0.25, -0.2) is 0 Å². The molecule has 0 fully saturated rings. The average molecular weight is 219 g/mol. The largest absolute Gasteiger partial charge is 0.0915 e. The Bertz CT molecular complexity index is 282. The zero-order valence-corrected chi connectivity index (χ0v) is 11.7. The summed E-state index contributed by atoms with van der Waals surface area (Å²) in [6.07, 6.45) is 0. The Labute approximate surface area is 96.3 Å². The molecular weight excluding hydrogens is 196 g/mol. The third-order valence-electron chi connectivity index (χ3n) is 2.64. The Morgan fingerprint density at radius 1 is 1.07 bits per heavy atom. The molecule has 0 aromatic heterocycles. The first kappa shape index (κ1) is 12.5. The molecule has 0 saturated carbocycles. The maximum atomic E-state index is 2.39. The van der Waals surface area contributed by atoms with Crippen molar-refractivity contribution in [3.8, 4) is 0 Å².